The molecule has 5 rings (SSSR count). The van der Waals surface area contributed by atoms with E-state index in [4.69, 9.17) is 8.75 Å². The first-order valence-electron chi connectivity index (χ1n) is 13.3. The maximum absolute atomic E-state index is 4.81. The average molecular weight is 537 g/mol. The summed E-state index contributed by atoms with van der Waals surface area (Å²) < 4.78 is 9.55. The highest BCUT2D eigenvalue weighted by molar-refractivity contribution is 7.24. The number of nitrogens with zero attached hydrogens (tertiary/aromatic N) is 2. The summed E-state index contributed by atoms with van der Waals surface area (Å²) in [5.41, 5.74) is 8.10. The molecule has 1 aliphatic carbocycles. The summed E-state index contributed by atoms with van der Waals surface area (Å²) in [5, 5.41) is 0. The van der Waals surface area contributed by atoms with E-state index in [1.54, 1.807) is 11.1 Å². The molecule has 3 aromatic heterocycles. The molecule has 0 bridgehead atoms. The van der Waals surface area contributed by atoms with Crippen molar-refractivity contribution in [3.05, 3.63) is 45.8 Å². The van der Waals surface area contributed by atoms with Crippen LogP contribution in [0.5, 0.6) is 0 Å². The van der Waals surface area contributed by atoms with Gasteiger partial charge >= 0.3 is 0 Å². The number of thiophene rings is 2. The molecule has 0 aliphatic heterocycles. The van der Waals surface area contributed by atoms with E-state index in [1.165, 1.54) is 55.2 Å². The van der Waals surface area contributed by atoms with E-state index >= 15 is 0 Å². The summed E-state index contributed by atoms with van der Waals surface area (Å²) in [6.07, 6.45) is 2.39. The average Bonchev–Trinajstić information content (AvgIpc) is 3.49. The summed E-state index contributed by atoms with van der Waals surface area (Å²) in [4.78, 5) is 5.86. The van der Waals surface area contributed by atoms with E-state index in [9.17, 15) is 0 Å². The van der Waals surface area contributed by atoms with Gasteiger partial charge in [0, 0.05) is 30.5 Å². The lowest BCUT2D eigenvalue weighted by Crippen LogP contribution is -2.29. The third kappa shape index (κ3) is 4.19. The smallest absolute Gasteiger partial charge is 0.113 e. The van der Waals surface area contributed by atoms with Crippen LogP contribution in [0.4, 0.5) is 0 Å². The van der Waals surface area contributed by atoms with Crippen molar-refractivity contribution in [1.82, 2.24) is 8.75 Å². The molecule has 0 saturated carbocycles. The Kier molecular flexibility index (Phi) is 6.33. The number of rotatable bonds is 5. The molecule has 0 amide bonds. The molecule has 0 N–H and O–H groups in total. The number of hydrogen-bond donors (Lipinski definition) is 0. The predicted octanol–water partition coefficient (Wildman–Crippen LogP) is 10.4. The predicted molar refractivity (Wildman–Crippen MR) is 161 cm³/mol. The number of fused-ring (bicyclic) bond motifs is 4. The Morgan fingerprint density at radius 1 is 0.750 bits per heavy atom. The molecule has 2 nitrogen and oxygen atoms in total. The summed E-state index contributed by atoms with van der Waals surface area (Å²) >= 11 is 5.35. The highest BCUT2D eigenvalue weighted by Gasteiger charge is 2.47. The molecule has 1 aliphatic rings. The zero-order valence-corrected chi connectivity index (χ0v) is 25.9. The highest BCUT2D eigenvalue weighted by atomic mass is 32.1. The van der Waals surface area contributed by atoms with E-state index in [2.05, 4.69) is 93.5 Å². The van der Waals surface area contributed by atoms with Gasteiger partial charge < -0.3 is 0 Å². The fraction of sp³-hybridized carbons (Fsp3) is 0.548. The molecule has 0 fully saturated rings. The zero-order chi connectivity index (χ0) is 26.2. The van der Waals surface area contributed by atoms with Gasteiger partial charge in [-0.15, -0.1) is 22.7 Å². The van der Waals surface area contributed by atoms with Crippen LogP contribution < -0.4 is 0 Å². The molecule has 0 atom stereocenters. The van der Waals surface area contributed by atoms with Crippen molar-refractivity contribution in [3.63, 3.8) is 0 Å². The van der Waals surface area contributed by atoms with Gasteiger partial charge in [-0.05, 0) is 64.3 Å². The molecular weight excluding hydrogens is 497 g/mol. The fourth-order valence-corrected chi connectivity index (χ4v) is 9.40. The van der Waals surface area contributed by atoms with Gasteiger partial charge in [-0.2, -0.15) is 8.75 Å². The van der Waals surface area contributed by atoms with E-state index < -0.39 is 0 Å². The van der Waals surface area contributed by atoms with Crippen molar-refractivity contribution in [3.8, 4) is 20.2 Å². The van der Waals surface area contributed by atoms with Crippen molar-refractivity contribution >= 4 is 45.4 Å². The van der Waals surface area contributed by atoms with Crippen LogP contribution in [0.3, 0.4) is 0 Å². The van der Waals surface area contributed by atoms with E-state index in [1.807, 2.05) is 22.7 Å². The van der Waals surface area contributed by atoms with Crippen LogP contribution in [0.1, 0.15) is 104 Å². The summed E-state index contributed by atoms with van der Waals surface area (Å²) in [6, 6.07) is 9.68. The standard InChI is InChI=1S/C31H40N2S3/c1-17(2)15-31(16-18(3)4)21-13-23(34-27(21)28-22(31)14-24(35-28)30(8,9)10)19-11-12-20(29(5,6)7)26-25(19)32-36-33-26/h11-14,17-18H,15-16H2,1-10H3. The van der Waals surface area contributed by atoms with Crippen LogP contribution in [0.2, 0.25) is 0 Å². The first-order chi connectivity index (χ1) is 16.7. The van der Waals surface area contributed by atoms with Crippen molar-refractivity contribution < 1.29 is 0 Å². The molecule has 4 aromatic rings. The minimum absolute atomic E-state index is 0.0443. The minimum atomic E-state index is 0.0443. The summed E-state index contributed by atoms with van der Waals surface area (Å²) in [7, 11) is 0. The second-order valence-corrected chi connectivity index (χ2v) is 16.2. The molecule has 0 spiro atoms. The minimum Gasteiger partial charge on any atom is -0.173 e. The molecule has 0 saturated heterocycles. The second kappa shape index (κ2) is 8.74. The normalized spacial score (nSPS) is 15.3. The SMILES string of the molecule is CC(C)CC1(CC(C)C)c2cc(-c3ccc(C(C)(C)C)c4nsnc34)sc2-c2sc(C(C)(C)C)cc21. The van der Waals surface area contributed by atoms with Gasteiger partial charge in [-0.25, -0.2) is 0 Å². The van der Waals surface area contributed by atoms with Crippen LogP contribution in [0, 0.1) is 11.8 Å². The molecule has 3 heterocycles. The Morgan fingerprint density at radius 3 is 1.92 bits per heavy atom. The Bertz CT molecular complexity index is 1410. The molecule has 192 valence electrons. The molecule has 1 aromatic carbocycles. The molecule has 0 unspecified atom stereocenters. The molecule has 0 radical (unpaired) electrons. The zero-order valence-electron chi connectivity index (χ0n) is 23.5. The lowest BCUT2D eigenvalue weighted by Gasteiger charge is -2.34. The topological polar surface area (TPSA) is 25.8 Å². The largest absolute Gasteiger partial charge is 0.173 e. The quantitative estimate of drug-likeness (QED) is 0.253. The Labute approximate surface area is 229 Å². The number of hydrogen-bond acceptors (Lipinski definition) is 5. The number of aromatic nitrogens is 2. The van der Waals surface area contributed by atoms with Gasteiger partial charge in [0.1, 0.15) is 11.0 Å². The lowest BCUT2D eigenvalue weighted by molar-refractivity contribution is 0.338. The fourth-order valence-electron chi connectivity index (χ4n) is 6.07. The van der Waals surface area contributed by atoms with Crippen LogP contribution in [-0.2, 0) is 16.2 Å². The van der Waals surface area contributed by atoms with Crippen LogP contribution >= 0.6 is 34.4 Å². The summed E-state index contributed by atoms with van der Waals surface area (Å²) in [6.45, 7) is 23.4. The molecule has 5 heteroatoms. The highest BCUT2D eigenvalue weighted by Crippen LogP contribution is 2.62. The van der Waals surface area contributed by atoms with Gasteiger partial charge in [0.05, 0.1) is 11.7 Å². The Morgan fingerprint density at radius 2 is 1.33 bits per heavy atom. The molecule has 36 heavy (non-hydrogen) atoms. The van der Waals surface area contributed by atoms with Gasteiger partial charge in [-0.3, -0.25) is 0 Å². The van der Waals surface area contributed by atoms with Crippen molar-refractivity contribution in [2.24, 2.45) is 11.8 Å². The summed E-state index contributed by atoms with van der Waals surface area (Å²) in [5.74, 6) is 1.26. The van der Waals surface area contributed by atoms with Crippen molar-refractivity contribution in [2.75, 3.05) is 0 Å². The van der Waals surface area contributed by atoms with E-state index in [-0.39, 0.29) is 16.2 Å². The van der Waals surface area contributed by atoms with Crippen LogP contribution in [0.25, 0.3) is 31.2 Å². The van der Waals surface area contributed by atoms with Crippen LogP contribution in [0.15, 0.2) is 24.3 Å². The van der Waals surface area contributed by atoms with E-state index in [0.717, 1.165) is 11.0 Å². The maximum Gasteiger partial charge on any atom is 0.113 e. The Hall–Kier alpha value is -1.56. The third-order valence-electron chi connectivity index (χ3n) is 7.44. The first kappa shape index (κ1) is 26.1. The number of benzene rings is 1. The molecular formula is C31H40N2S3. The monoisotopic (exact) mass is 536 g/mol. The Balaban J connectivity index is 1.75. The maximum atomic E-state index is 4.81. The van der Waals surface area contributed by atoms with Crippen molar-refractivity contribution in [2.45, 2.75) is 98.3 Å². The van der Waals surface area contributed by atoms with Gasteiger partial charge in [0.15, 0.2) is 0 Å². The lowest BCUT2D eigenvalue weighted by atomic mass is 9.68. The van der Waals surface area contributed by atoms with E-state index in [0.29, 0.717) is 11.8 Å². The van der Waals surface area contributed by atoms with Gasteiger partial charge in [-0.1, -0.05) is 81.4 Å². The first-order valence-corrected chi connectivity index (χ1v) is 15.6. The van der Waals surface area contributed by atoms with Gasteiger partial charge in [0.2, 0.25) is 0 Å². The third-order valence-corrected chi connectivity index (χ3v) is 10.9. The van der Waals surface area contributed by atoms with Crippen LogP contribution in [-0.4, -0.2) is 8.75 Å². The van der Waals surface area contributed by atoms with Gasteiger partial charge in [0.25, 0.3) is 0 Å². The second-order valence-electron chi connectivity index (χ2n) is 13.6. The van der Waals surface area contributed by atoms with Crippen molar-refractivity contribution in [1.29, 1.82) is 0 Å².